The molecule has 1 saturated heterocycles. The van der Waals surface area contributed by atoms with Crippen LogP contribution in [0.5, 0.6) is 5.88 Å². The van der Waals surface area contributed by atoms with Gasteiger partial charge in [0, 0.05) is 56.4 Å². The Bertz CT molecular complexity index is 1050. The molecule has 1 aliphatic carbocycles. The number of halogens is 1. The lowest BCUT2D eigenvalue weighted by molar-refractivity contribution is 0.0333. The molecule has 198 valence electrons. The molecule has 2 aromatic heterocycles. The first kappa shape index (κ1) is 26.8. The minimum absolute atomic E-state index is 0.0280. The molecule has 1 aliphatic heterocycles. The van der Waals surface area contributed by atoms with Gasteiger partial charge in [0.2, 0.25) is 0 Å². The maximum absolute atomic E-state index is 12.3. The van der Waals surface area contributed by atoms with Gasteiger partial charge >= 0.3 is 5.56 Å². The molecule has 2 fully saturated rings. The van der Waals surface area contributed by atoms with Crippen molar-refractivity contribution in [1.29, 1.82) is 0 Å². The molecular formula is C25H37ClN6O4. The summed E-state index contributed by atoms with van der Waals surface area (Å²) in [5.41, 5.74) is 6.60. The van der Waals surface area contributed by atoms with Gasteiger partial charge in [0.25, 0.3) is 5.88 Å². The van der Waals surface area contributed by atoms with E-state index in [-0.39, 0.29) is 12.5 Å². The van der Waals surface area contributed by atoms with Crippen LogP contribution in [-0.2, 0) is 9.47 Å². The van der Waals surface area contributed by atoms with Gasteiger partial charge in [-0.25, -0.2) is 9.97 Å². The van der Waals surface area contributed by atoms with Crippen LogP contribution in [0, 0.1) is 0 Å². The van der Waals surface area contributed by atoms with Gasteiger partial charge < -0.3 is 35.6 Å². The Hall–Kier alpha value is -2.24. The van der Waals surface area contributed by atoms with Crippen molar-refractivity contribution in [3.63, 3.8) is 0 Å². The first-order valence-corrected chi connectivity index (χ1v) is 13.0. The average Bonchev–Trinajstić information content (AvgIpc) is 2.87. The number of anilines is 1. The van der Waals surface area contributed by atoms with Crippen molar-refractivity contribution in [3.05, 3.63) is 33.8 Å². The summed E-state index contributed by atoms with van der Waals surface area (Å²) in [6.45, 7) is 4.21. The zero-order valence-corrected chi connectivity index (χ0v) is 21.8. The maximum atomic E-state index is 12.3. The van der Waals surface area contributed by atoms with E-state index in [1.54, 1.807) is 13.3 Å². The molecule has 36 heavy (non-hydrogen) atoms. The van der Waals surface area contributed by atoms with E-state index in [1.807, 2.05) is 6.07 Å². The van der Waals surface area contributed by atoms with Crippen molar-refractivity contribution in [2.45, 2.75) is 69.1 Å². The number of nitrogens with one attached hydrogen (secondary N) is 3. The smallest absolute Gasteiger partial charge is 0.310 e. The number of nitrogens with zero attached hydrogens (tertiary/aromatic N) is 2. The molecule has 0 radical (unpaired) electrons. The van der Waals surface area contributed by atoms with Crippen LogP contribution in [0.4, 0.5) is 5.82 Å². The Morgan fingerprint density at radius 2 is 2.00 bits per heavy atom. The number of nitrogens with two attached hydrogens (primary N) is 1. The Morgan fingerprint density at radius 1 is 1.28 bits per heavy atom. The number of H-pyrrole nitrogens is 1. The number of methoxy groups -OCH3 is 1. The molecule has 5 N–H and O–H groups in total. The quantitative estimate of drug-likeness (QED) is 0.372. The molecular weight excluding hydrogens is 484 g/mol. The van der Waals surface area contributed by atoms with Gasteiger partial charge in [-0.1, -0.05) is 11.6 Å². The zero-order chi connectivity index (χ0) is 25.5. The van der Waals surface area contributed by atoms with Crippen molar-refractivity contribution in [2.75, 3.05) is 38.9 Å². The number of hydrogen-bond acceptors (Lipinski definition) is 9. The van der Waals surface area contributed by atoms with Crippen LogP contribution < -0.4 is 26.7 Å². The molecule has 2 aromatic rings. The minimum Gasteiger partial charge on any atom is -0.472 e. The fourth-order valence-corrected chi connectivity index (χ4v) is 4.99. The summed E-state index contributed by atoms with van der Waals surface area (Å²) in [5.74, 6) is 0.692. The van der Waals surface area contributed by atoms with Crippen LogP contribution in [-0.4, -0.2) is 72.2 Å². The van der Waals surface area contributed by atoms with E-state index in [9.17, 15) is 4.79 Å². The van der Waals surface area contributed by atoms with Crippen molar-refractivity contribution in [2.24, 2.45) is 5.73 Å². The van der Waals surface area contributed by atoms with Crippen LogP contribution in [0.25, 0.3) is 11.3 Å². The highest BCUT2D eigenvalue weighted by Gasteiger charge is 2.29. The molecule has 11 heteroatoms. The Kier molecular flexibility index (Phi) is 9.19. The average molecular weight is 521 g/mol. The third kappa shape index (κ3) is 7.17. The molecule has 4 rings (SSSR count). The molecule has 10 nitrogen and oxygen atoms in total. The van der Waals surface area contributed by atoms with E-state index in [2.05, 4.69) is 32.5 Å². The van der Waals surface area contributed by atoms with E-state index in [0.29, 0.717) is 67.1 Å². The monoisotopic (exact) mass is 520 g/mol. The van der Waals surface area contributed by atoms with E-state index >= 15 is 0 Å². The summed E-state index contributed by atoms with van der Waals surface area (Å²) >= 11 is 6.46. The summed E-state index contributed by atoms with van der Waals surface area (Å²) < 4.78 is 16.4. The van der Waals surface area contributed by atoms with Crippen LogP contribution >= 0.6 is 11.6 Å². The Labute approximate surface area is 216 Å². The van der Waals surface area contributed by atoms with Gasteiger partial charge in [0.15, 0.2) is 0 Å². The molecule has 3 heterocycles. The number of hydrogen-bond donors (Lipinski definition) is 4. The predicted octanol–water partition coefficient (Wildman–Crippen LogP) is 2.72. The van der Waals surface area contributed by atoms with Crippen LogP contribution in [0.1, 0.15) is 45.4 Å². The molecule has 0 spiro atoms. The lowest BCUT2D eigenvalue weighted by Crippen LogP contribution is -2.50. The highest BCUT2D eigenvalue weighted by atomic mass is 35.5. The van der Waals surface area contributed by atoms with Gasteiger partial charge in [0.05, 0.1) is 22.9 Å². The van der Waals surface area contributed by atoms with Gasteiger partial charge in [-0.2, -0.15) is 0 Å². The van der Waals surface area contributed by atoms with Gasteiger partial charge in [-0.15, -0.1) is 0 Å². The van der Waals surface area contributed by atoms with Crippen molar-refractivity contribution >= 4 is 17.4 Å². The largest absolute Gasteiger partial charge is 0.472 e. The van der Waals surface area contributed by atoms with Gasteiger partial charge in [-0.05, 0) is 51.5 Å². The van der Waals surface area contributed by atoms with E-state index < -0.39 is 11.1 Å². The SMILES string of the molecule is COC[C@@H](C)NC1CCC(Nc2cc(-c3c[nH]c(=O)c(OCC4(N)CCOCC4)n3)c(Cl)cn2)CC1. The first-order chi connectivity index (χ1) is 17.3. The highest BCUT2D eigenvalue weighted by Crippen LogP contribution is 2.30. The molecule has 0 amide bonds. The third-order valence-corrected chi connectivity index (χ3v) is 7.19. The Morgan fingerprint density at radius 3 is 2.72 bits per heavy atom. The summed E-state index contributed by atoms with van der Waals surface area (Å²) in [6.07, 6.45) is 8.72. The van der Waals surface area contributed by atoms with Crippen molar-refractivity contribution in [3.8, 4) is 17.1 Å². The van der Waals surface area contributed by atoms with Crippen LogP contribution in [0.2, 0.25) is 5.02 Å². The normalized spacial score (nSPS) is 22.7. The first-order valence-electron chi connectivity index (χ1n) is 12.6. The summed E-state index contributed by atoms with van der Waals surface area (Å²) in [5, 5.41) is 7.61. The van der Waals surface area contributed by atoms with E-state index in [0.717, 1.165) is 31.5 Å². The predicted molar refractivity (Wildman–Crippen MR) is 140 cm³/mol. The molecule has 1 saturated carbocycles. The van der Waals surface area contributed by atoms with Crippen LogP contribution in [0.3, 0.4) is 0 Å². The van der Waals surface area contributed by atoms with Gasteiger partial charge in [0.1, 0.15) is 12.4 Å². The number of aromatic nitrogens is 3. The number of aromatic amines is 1. The number of pyridine rings is 1. The maximum Gasteiger partial charge on any atom is 0.310 e. The van der Waals surface area contributed by atoms with Crippen LogP contribution in [0.15, 0.2) is 23.3 Å². The number of ether oxygens (including phenoxy) is 3. The van der Waals surface area contributed by atoms with Crippen molar-refractivity contribution < 1.29 is 14.2 Å². The Balaban J connectivity index is 1.40. The fraction of sp³-hybridized carbons (Fsp3) is 0.640. The fourth-order valence-electron chi connectivity index (χ4n) is 4.79. The van der Waals surface area contributed by atoms with E-state index in [4.69, 9.17) is 31.5 Å². The van der Waals surface area contributed by atoms with Crippen molar-refractivity contribution in [1.82, 2.24) is 20.3 Å². The minimum atomic E-state index is -0.538. The second-order valence-electron chi connectivity index (χ2n) is 9.95. The van der Waals surface area contributed by atoms with Gasteiger partial charge in [-0.3, -0.25) is 4.79 Å². The highest BCUT2D eigenvalue weighted by molar-refractivity contribution is 6.33. The second kappa shape index (κ2) is 12.3. The lowest BCUT2D eigenvalue weighted by Gasteiger charge is -2.32. The molecule has 0 aromatic carbocycles. The summed E-state index contributed by atoms with van der Waals surface area (Å²) in [6, 6.07) is 3.03. The lowest BCUT2D eigenvalue weighted by atomic mass is 9.90. The molecule has 0 bridgehead atoms. The zero-order valence-electron chi connectivity index (χ0n) is 21.0. The summed E-state index contributed by atoms with van der Waals surface area (Å²) in [4.78, 5) is 24.0. The van der Waals surface area contributed by atoms with E-state index in [1.165, 1.54) is 6.20 Å². The third-order valence-electron chi connectivity index (χ3n) is 6.89. The molecule has 1 atom stereocenters. The topological polar surface area (TPSA) is 136 Å². The molecule has 0 unspecified atom stereocenters. The standard InChI is InChI=1S/C25H37ClN6O4/c1-16(14-34-2)30-17-3-5-18(6-4-17)31-22-11-19(20(26)12-28-22)21-13-29-23(33)24(32-21)36-15-25(27)7-9-35-10-8-25/h11-13,16-18,30H,3-10,14-15,27H2,1-2H3,(H,28,31)(H,29,33)/t16-,17?,18?/m1/s1. The molecule has 2 aliphatic rings. The summed E-state index contributed by atoms with van der Waals surface area (Å²) in [7, 11) is 1.73. The second-order valence-corrected chi connectivity index (χ2v) is 10.4. The number of rotatable bonds is 10.